The van der Waals surface area contributed by atoms with Gasteiger partial charge in [-0.2, -0.15) is 0 Å². The van der Waals surface area contributed by atoms with Crippen LogP contribution in [0.5, 0.6) is 0 Å². The Morgan fingerprint density at radius 3 is 2.20 bits per heavy atom. The van der Waals surface area contributed by atoms with Crippen molar-refractivity contribution in [1.29, 1.82) is 5.26 Å². The molecule has 0 aromatic carbocycles. The van der Waals surface area contributed by atoms with Gasteiger partial charge in [-0.1, -0.05) is 39.5 Å². The maximum atomic E-state index is 11.1. The summed E-state index contributed by atoms with van der Waals surface area (Å²) in [7, 11) is 0. The van der Waals surface area contributed by atoms with Crippen LogP contribution >= 0.6 is 0 Å². The van der Waals surface area contributed by atoms with Crippen molar-refractivity contribution in [2.75, 3.05) is 6.61 Å². The van der Waals surface area contributed by atoms with E-state index in [2.05, 4.69) is 20.4 Å². The minimum atomic E-state index is -0.0236. The Labute approximate surface area is 93.4 Å². The lowest BCUT2D eigenvalue weighted by Gasteiger charge is -2.02. The Hall–Kier alpha value is -1.04. The Morgan fingerprint density at radius 2 is 1.67 bits per heavy atom. The van der Waals surface area contributed by atoms with Crippen molar-refractivity contribution in [3.05, 3.63) is 0 Å². The molecule has 0 fully saturated rings. The third kappa shape index (κ3) is 15.7. The van der Waals surface area contributed by atoms with Crippen molar-refractivity contribution in [1.82, 2.24) is 0 Å². The molecular formula is C12H23NO2. The molecule has 0 aromatic heterocycles. The number of ether oxygens (including phenoxy) is 1. The Kier molecular flexibility index (Phi) is 16.9. The zero-order chi connectivity index (χ0) is 11.9. The van der Waals surface area contributed by atoms with E-state index >= 15 is 0 Å². The summed E-state index contributed by atoms with van der Waals surface area (Å²) in [6, 6.07) is 0. The highest BCUT2D eigenvalue weighted by atomic mass is 16.5. The van der Waals surface area contributed by atoms with Crippen LogP contribution in [0.4, 0.5) is 0 Å². The monoisotopic (exact) mass is 213 g/mol. The molecule has 0 heterocycles. The molecule has 0 aliphatic heterocycles. The van der Waals surface area contributed by atoms with E-state index in [9.17, 15) is 4.79 Å². The predicted molar refractivity (Wildman–Crippen MR) is 61.3 cm³/mol. The van der Waals surface area contributed by atoms with Crippen molar-refractivity contribution in [3.63, 3.8) is 0 Å². The summed E-state index contributed by atoms with van der Waals surface area (Å²) in [6.07, 6.45) is 7.25. The molecule has 0 radical (unpaired) electrons. The normalized spacial score (nSPS) is 8.80. The molecule has 0 unspecified atom stereocenters. The number of esters is 1. The summed E-state index contributed by atoms with van der Waals surface area (Å²) in [5.41, 5.74) is 0. The van der Waals surface area contributed by atoms with Crippen LogP contribution in [0.3, 0.4) is 0 Å². The summed E-state index contributed by atoms with van der Waals surface area (Å²) in [6.45, 7) is 8.36. The molecule has 0 saturated carbocycles. The van der Waals surface area contributed by atoms with Gasteiger partial charge in [0.2, 0.25) is 0 Å². The van der Waals surface area contributed by atoms with E-state index in [1.165, 1.54) is 12.8 Å². The standard InChI is InChI=1S/C11H22O2.CHN/c1-3-5-7-8-9-11(12)13-10-6-4-2;1-2/h3-10H2,1-2H3;1H. The topological polar surface area (TPSA) is 50.1 Å². The molecule has 0 N–H and O–H groups in total. The van der Waals surface area contributed by atoms with Crippen LogP contribution < -0.4 is 0 Å². The quantitative estimate of drug-likeness (QED) is 0.458. The molecule has 0 amide bonds. The van der Waals surface area contributed by atoms with E-state index in [1.54, 1.807) is 0 Å². The number of nitrogens with zero attached hydrogens (tertiary/aromatic N) is 1. The summed E-state index contributed by atoms with van der Waals surface area (Å²) >= 11 is 0. The third-order valence-corrected chi connectivity index (χ3v) is 2.00. The first kappa shape index (κ1) is 16.4. The second-order valence-corrected chi connectivity index (χ2v) is 3.38. The fraction of sp³-hybridized carbons (Fsp3) is 0.833. The number of rotatable bonds is 8. The summed E-state index contributed by atoms with van der Waals surface area (Å²) in [5.74, 6) is -0.0236. The largest absolute Gasteiger partial charge is 0.466 e. The molecule has 3 heteroatoms. The zero-order valence-corrected chi connectivity index (χ0v) is 10.00. The van der Waals surface area contributed by atoms with Gasteiger partial charge in [0, 0.05) is 13.0 Å². The van der Waals surface area contributed by atoms with Gasteiger partial charge < -0.3 is 4.74 Å². The lowest BCUT2D eigenvalue weighted by atomic mass is 10.2. The average Bonchev–Trinajstić information content (AvgIpc) is 2.28. The molecule has 0 aromatic rings. The van der Waals surface area contributed by atoms with Crippen molar-refractivity contribution in [2.45, 2.75) is 58.8 Å². The van der Waals surface area contributed by atoms with Crippen LogP contribution in [0.15, 0.2) is 0 Å². The Balaban J connectivity index is 0. The SMILES string of the molecule is C#N.CCCCCCC(=O)OCCCC. The minimum Gasteiger partial charge on any atom is -0.466 e. The fourth-order valence-corrected chi connectivity index (χ4v) is 1.10. The zero-order valence-electron chi connectivity index (χ0n) is 10.00. The lowest BCUT2D eigenvalue weighted by molar-refractivity contribution is -0.143. The molecule has 0 rings (SSSR count). The van der Waals surface area contributed by atoms with Gasteiger partial charge in [0.1, 0.15) is 0 Å². The Morgan fingerprint density at radius 1 is 1.07 bits per heavy atom. The minimum absolute atomic E-state index is 0.0236. The Bertz CT molecular complexity index is 155. The van der Waals surface area contributed by atoms with Crippen LogP contribution in [-0.4, -0.2) is 12.6 Å². The van der Waals surface area contributed by atoms with Crippen LogP contribution in [0.2, 0.25) is 0 Å². The second-order valence-electron chi connectivity index (χ2n) is 3.38. The fourth-order valence-electron chi connectivity index (χ4n) is 1.10. The van der Waals surface area contributed by atoms with Gasteiger partial charge in [-0.05, 0) is 12.8 Å². The van der Waals surface area contributed by atoms with Gasteiger partial charge in [0.15, 0.2) is 0 Å². The first-order valence-electron chi connectivity index (χ1n) is 5.72. The van der Waals surface area contributed by atoms with Gasteiger partial charge in [0.05, 0.1) is 6.61 Å². The third-order valence-electron chi connectivity index (χ3n) is 2.00. The van der Waals surface area contributed by atoms with Crippen molar-refractivity contribution >= 4 is 5.97 Å². The van der Waals surface area contributed by atoms with Gasteiger partial charge in [0.25, 0.3) is 0 Å². The lowest BCUT2D eigenvalue weighted by Crippen LogP contribution is -2.05. The number of nitriles is 1. The number of hydrogen-bond donors (Lipinski definition) is 0. The molecule has 15 heavy (non-hydrogen) atoms. The maximum absolute atomic E-state index is 11.1. The number of carbonyl (C=O) groups is 1. The molecule has 0 saturated heterocycles. The van der Waals surface area contributed by atoms with Gasteiger partial charge >= 0.3 is 5.97 Å². The highest BCUT2D eigenvalue weighted by Gasteiger charge is 2.00. The van der Waals surface area contributed by atoms with Crippen molar-refractivity contribution < 1.29 is 9.53 Å². The van der Waals surface area contributed by atoms with Crippen LogP contribution in [0.25, 0.3) is 0 Å². The highest BCUT2D eigenvalue weighted by molar-refractivity contribution is 5.69. The van der Waals surface area contributed by atoms with E-state index < -0.39 is 0 Å². The van der Waals surface area contributed by atoms with Gasteiger partial charge in [-0.25, -0.2) is 5.26 Å². The first-order valence-corrected chi connectivity index (χ1v) is 5.72. The van der Waals surface area contributed by atoms with Crippen LogP contribution in [-0.2, 0) is 9.53 Å². The predicted octanol–water partition coefficient (Wildman–Crippen LogP) is 3.44. The van der Waals surface area contributed by atoms with E-state index in [1.807, 2.05) is 0 Å². The first-order chi connectivity index (χ1) is 7.31. The molecular weight excluding hydrogens is 190 g/mol. The van der Waals surface area contributed by atoms with E-state index in [0.29, 0.717) is 13.0 Å². The molecule has 3 nitrogen and oxygen atoms in total. The van der Waals surface area contributed by atoms with Crippen molar-refractivity contribution in [3.8, 4) is 6.57 Å². The molecule has 0 aliphatic rings. The highest BCUT2D eigenvalue weighted by Crippen LogP contribution is 2.03. The number of hydrogen-bond acceptors (Lipinski definition) is 3. The molecule has 88 valence electrons. The molecule has 0 spiro atoms. The average molecular weight is 213 g/mol. The van der Waals surface area contributed by atoms with Crippen LogP contribution in [0.1, 0.15) is 58.8 Å². The number of carbonyl (C=O) groups excluding carboxylic acids is 1. The summed E-state index contributed by atoms with van der Waals surface area (Å²) in [5, 5.41) is 6.50. The van der Waals surface area contributed by atoms with Crippen molar-refractivity contribution in [2.24, 2.45) is 0 Å². The second kappa shape index (κ2) is 15.4. The van der Waals surface area contributed by atoms with Gasteiger partial charge in [-0.15, -0.1) is 0 Å². The van der Waals surface area contributed by atoms with Gasteiger partial charge in [-0.3, -0.25) is 4.79 Å². The van der Waals surface area contributed by atoms with E-state index in [0.717, 1.165) is 25.7 Å². The number of unbranched alkanes of at least 4 members (excludes halogenated alkanes) is 4. The van der Waals surface area contributed by atoms with E-state index in [-0.39, 0.29) is 5.97 Å². The maximum Gasteiger partial charge on any atom is 0.305 e. The van der Waals surface area contributed by atoms with Crippen LogP contribution in [0, 0.1) is 11.8 Å². The summed E-state index contributed by atoms with van der Waals surface area (Å²) < 4.78 is 5.02. The summed E-state index contributed by atoms with van der Waals surface area (Å²) in [4.78, 5) is 11.1. The smallest absolute Gasteiger partial charge is 0.305 e. The molecule has 0 bridgehead atoms. The van der Waals surface area contributed by atoms with E-state index in [4.69, 9.17) is 10.00 Å². The molecule has 0 aliphatic carbocycles. The molecule has 0 atom stereocenters.